The highest BCUT2D eigenvalue weighted by molar-refractivity contribution is 9.10. The van der Waals surface area contributed by atoms with E-state index in [1.807, 2.05) is 58.0 Å². The van der Waals surface area contributed by atoms with E-state index in [9.17, 15) is 4.79 Å². The third-order valence-electron chi connectivity index (χ3n) is 4.18. The average Bonchev–Trinajstić information content (AvgIpc) is 2.66. The molecular formula is C23H31BrN2O3. The van der Waals surface area contributed by atoms with E-state index in [-0.39, 0.29) is 24.1 Å². The zero-order valence-electron chi connectivity index (χ0n) is 17.8. The number of benzene rings is 2. The molecule has 29 heavy (non-hydrogen) atoms. The van der Waals surface area contributed by atoms with Crippen LogP contribution in [0, 0.1) is 0 Å². The minimum atomic E-state index is -0.297. The van der Waals surface area contributed by atoms with Gasteiger partial charge in [-0.1, -0.05) is 46.3 Å². The number of halogens is 1. The number of nitrogens with one attached hydrogen (secondary N) is 2. The zero-order chi connectivity index (χ0) is 21.4. The molecule has 158 valence electrons. The highest BCUT2D eigenvalue weighted by Crippen LogP contribution is 2.34. The molecule has 2 aromatic carbocycles. The molecule has 2 N–H and O–H groups in total. The van der Waals surface area contributed by atoms with Gasteiger partial charge in [-0.15, -0.1) is 0 Å². The predicted octanol–water partition coefficient (Wildman–Crippen LogP) is 4.99. The molecule has 6 heteroatoms. The molecule has 0 fully saturated rings. The van der Waals surface area contributed by atoms with Crippen molar-refractivity contribution < 1.29 is 14.3 Å². The van der Waals surface area contributed by atoms with Crippen LogP contribution < -0.4 is 20.1 Å². The number of amides is 1. The Kier molecular flexibility index (Phi) is 8.53. The average molecular weight is 463 g/mol. The molecule has 0 aromatic heterocycles. The van der Waals surface area contributed by atoms with Gasteiger partial charge in [0, 0.05) is 22.6 Å². The van der Waals surface area contributed by atoms with Crippen LogP contribution in [0.25, 0.3) is 0 Å². The van der Waals surface area contributed by atoms with Crippen molar-refractivity contribution in [3.05, 3.63) is 58.1 Å². The van der Waals surface area contributed by atoms with E-state index in [1.165, 1.54) is 5.56 Å². The van der Waals surface area contributed by atoms with Crippen molar-refractivity contribution >= 4 is 21.8 Å². The molecule has 1 amide bonds. The van der Waals surface area contributed by atoms with E-state index in [1.54, 1.807) is 0 Å². The lowest BCUT2D eigenvalue weighted by Gasteiger charge is -2.21. The Morgan fingerprint density at radius 1 is 1.10 bits per heavy atom. The summed E-state index contributed by atoms with van der Waals surface area (Å²) in [6.45, 7) is 11.0. The summed E-state index contributed by atoms with van der Waals surface area (Å²) in [6.07, 6.45) is 0. The third-order valence-corrected chi connectivity index (χ3v) is 4.92. The first-order valence-electron chi connectivity index (χ1n) is 9.87. The molecule has 0 aliphatic heterocycles. The van der Waals surface area contributed by atoms with Crippen LogP contribution in [-0.2, 0) is 11.3 Å². The normalized spacial score (nSPS) is 12.3. The van der Waals surface area contributed by atoms with Gasteiger partial charge in [-0.25, -0.2) is 0 Å². The lowest BCUT2D eigenvalue weighted by atomic mass is 10.1. The first-order chi connectivity index (χ1) is 13.7. The van der Waals surface area contributed by atoms with E-state index >= 15 is 0 Å². The Morgan fingerprint density at radius 2 is 1.76 bits per heavy atom. The quantitative estimate of drug-likeness (QED) is 0.550. The van der Waals surface area contributed by atoms with Crippen LogP contribution in [0.2, 0.25) is 0 Å². The maximum Gasteiger partial charge on any atom is 0.258 e. The smallest absolute Gasteiger partial charge is 0.258 e. The summed E-state index contributed by atoms with van der Waals surface area (Å²) in [5, 5.41) is 6.42. The first kappa shape index (κ1) is 23.2. The van der Waals surface area contributed by atoms with Gasteiger partial charge >= 0.3 is 0 Å². The first-order valence-corrected chi connectivity index (χ1v) is 10.7. The SMILES string of the molecule is CCOc1cc(CNC(C)c2ccccc2)c(Br)cc1OCC(=O)NC(C)(C)C. The molecule has 2 rings (SSSR count). The molecular weight excluding hydrogens is 432 g/mol. The molecule has 0 spiro atoms. The van der Waals surface area contributed by atoms with E-state index in [4.69, 9.17) is 9.47 Å². The molecule has 0 bridgehead atoms. The van der Waals surface area contributed by atoms with Crippen LogP contribution in [-0.4, -0.2) is 24.7 Å². The van der Waals surface area contributed by atoms with Gasteiger partial charge in [-0.2, -0.15) is 0 Å². The fourth-order valence-corrected chi connectivity index (χ4v) is 3.28. The summed E-state index contributed by atoms with van der Waals surface area (Å²) in [7, 11) is 0. The molecule has 0 saturated heterocycles. The molecule has 0 heterocycles. The van der Waals surface area contributed by atoms with E-state index in [2.05, 4.69) is 45.6 Å². The molecule has 1 atom stereocenters. The van der Waals surface area contributed by atoms with Crippen molar-refractivity contribution in [1.29, 1.82) is 0 Å². The van der Waals surface area contributed by atoms with Crippen molar-refractivity contribution in [3.63, 3.8) is 0 Å². The number of ether oxygens (including phenoxy) is 2. The maximum absolute atomic E-state index is 12.1. The van der Waals surface area contributed by atoms with Gasteiger partial charge in [0.05, 0.1) is 6.61 Å². The van der Waals surface area contributed by atoms with Gasteiger partial charge in [0.25, 0.3) is 5.91 Å². The second kappa shape index (κ2) is 10.6. The van der Waals surface area contributed by atoms with Crippen molar-refractivity contribution in [2.45, 2.75) is 52.7 Å². The van der Waals surface area contributed by atoms with Crippen LogP contribution in [0.3, 0.4) is 0 Å². The van der Waals surface area contributed by atoms with Gasteiger partial charge in [0.15, 0.2) is 18.1 Å². The van der Waals surface area contributed by atoms with E-state index < -0.39 is 0 Å². The Hall–Kier alpha value is -2.05. The third kappa shape index (κ3) is 7.71. The summed E-state index contributed by atoms with van der Waals surface area (Å²) < 4.78 is 12.4. The van der Waals surface area contributed by atoms with E-state index in [0.29, 0.717) is 24.7 Å². The standard InChI is InChI=1S/C23H31BrN2O3/c1-6-28-20-12-18(14-25-16(2)17-10-8-7-9-11-17)19(24)13-21(20)29-15-22(27)26-23(3,4)5/h7-13,16,25H,6,14-15H2,1-5H3,(H,26,27). The second-order valence-electron chi connectivity index (χ2n) is 7.92. The van der Waals surface area contributed by atoms with Gasteiger partial charge < -0.3 is 20.1 Å². The zero-order valence-corrected chi connectivity index (χ0v) is 19.4. The molecule has 0 radical (unpaired) electrons. The van der Waals surface area contributed by atoms with Crippen LogP contribution in [0.15, 0.2) is 46.9 Å². The van der Waals surface area contributed by atoms with Gasteiger partial charge in [0.2, 0.25) is 0 Å². The fourth-order valence-electron chi connectivity index (χ4n) is 2.81. The summed E-state index contributed by atoms with van der Waals surface area (Å²) in [6, 6.07) is 14.3. The molecule has 1 unspecified atom stereocenters. The Bertz CT molecular complexity index is 804. The van der Waals surface area contributed by atoms with Crippen LogP contribution in [0.5, 0.6) is 11.5 Å². The summed E-state index contributed by atoms with van der Waals surface area (Å²) in [4.78, 5) is 12.1. The Morgan fingerprint density at radius 3 is 2.38 bits per heavy atom. The number of carbonyl (C=O) groups excluding carboxylic acids is 1. The highest BCUT2D eigenvalue weighted by Gasteiger charge is 2.16. The van der Waals surface area contributed by atoms with Crippen LogP contribution in [0.4, 0.5) is 0 Å². The minimum absolute atomic E-state index is 0.0631. The van der Waals surface area contributed by atoms with Gasteiger partial charge in [0.1, 0.15) is 0 Å². The Labute approximate surface area is 182 Å². The molecule has 2 aromatic rings. The monoisotopic (exact) mass is 462 g/mol. The van der Waals surface area contributed by atoms with Crippen molar-refractivity contribution in [2.75, 3.05) is 13.2 Å². The van der Waals surface area contributed by atoms with Crippen LogP contribution in [0.1, 0.15) is 51.8 Å². The number of hydrogen-bond acceptors (Lipinski definition) is 4. The molecule has 0 aliphatic rings. The Balaban J connectivity index is 2.07. The predicted molar refractivity (Wildman–Crippen MR) is 120 cm³/mol. The van der Waals surface area contributed by atoms with Crippen molar-refractivity contribution in [3.8, 4) is 11.5 Å². The highest BCUT2D eigenvalue weighted by atomic mass is 79.9. The fraction of sp³-hybridized carbons (Fsp3) is 0.435. The van der Waals surface area contributed by atoms with Crippen LogP contribution >= 0.6 is 15.9 Å². The summed E-state index contributed by atoms with van der Waals surface area (Å²) in [5.74, 6) is 1.00. The van der Waals surface area contributed by atoms with Crippen molar-refractivity contribution in [1.82, 2.24) is 10.6 Å². The lowest BCUT2D eigenvalue weighted by Crippen LogP contribution is -2.43. The van der Waals surface area contributed by atoms with E-state index in [0.717, 1.165) is 10.0 Å². The second-order valence-corrected chi connectivity index (χ2v) is 8.78. The number of carbonyl (C=O) groups is 1. The minimum Gasteiger partial charge on any atom is -0.490 e. The topological polar surface area (TPSA) is 59.6 Å². The molecule has 0 saturated carbocycles. The number of rotatable bonds is 9. The summed E-state index contributed by atoms with van der Waals surface area (Å²) >= 11 is 3.62. The van der Waals surface area contributed by atoms with Gasteiger partial charge in [-0.3, -0.25) is 4.79 Å². The number of hydrogen-bond donors (Lipinski definition) is 2. The lowest BCUT2D eigenvalue weighted by molar-refractivity contribution is -0.124. The van der Waals surface area contributed by atoms with Crippen molar-refractivity contribution in [2.24, 2.45) is 0 Å². The molecule has 0 aliphatic carbocycles. The maximum atomic E-state index is 12.1. The largest absolute Gasteiger partial charge is 0.490 e. The molecule has 5 nitrogen and oxygen atoms in total. The summed E-state index contributed by atoms with van der Waals surface area (Å²) in [5.41, 5.74) is 2.00. The van der Waals surface area contributed by atoms with Gasteiger partial charge in [-0.05, 0) is 57.9 Å².